The molecule has 1 aliphatic carbocycles. The van der Waals surface area contributed by atoms with Gasteiger partial charge < -0.3 is 9.64 Å². The normalized spacial score (nSPS) is 31.4. The third-order valence-corrected chi connectivity index (χ3v) is 7.43. The van der Waals surface area contributed by atoms with E-state index in [0.29, 0.717) is 12.3 Å². The van der Waals surface area contributed by atoms with Gasteiger partial charge in [-0.25, -0.2) is 0 Å². The third-order valence-electron chi connectivity index (χ3n) is 5.09. The molecule has 0 aromatic carbocycles. The number of hydrogen-bond donors (Lipinski definition) is 0. The molecule has 0 unspecified atom stereocenters. The van der Waals surface area contributed by atoms with Crippen molar-refractivity contribution in [1.29, 1.82) is 0 Å². The number of anilines is 1. The summed E-state index contributed by atoms with van der Waals surface area (Å²) in [4.78, 5) is 14.1. The molecule has 0 bridgehead atoms. The first-order chi connectivity index (χ1) is 10.8. The van der Waals surface area contributed by atoms with Crippen LogP contribution in [0.4, 0.5) is 5.13 Å². The van der Waals surface area contributed by atoms with Crippen molar-refractivity contribution < 1.29 is 9.53 Å². The van der Waals surface area contributed by atoms with Crippen LogP contribution in [0, 0.1) is 5.92 Å². The highest BCUT2D eigenvalue weighted by atomic mass is 32.2. The Labute approximate surface area is 138 Å². The molecule has 7 heteroatoms. The van der Waals surface area contributed by atoms with E-state index in [2.05, 4.69) is 15.1 Å². The van der Waals surface area contributed by atoms with Crippen LogP contribution in [-0.2, 0) is 9.53 Å². The summed E-state index contributed by atoms with van der Waals surface area (Å²) in [6, 6.07) is 0. The van der Waals surface area contributed by atoms with Gasteiger partial charge in [-0.1, -0.05) is 29.5 Å². The zero-order chi connectivity index (χ0) is 15.0. The van der Waals surface area contributed by atoms with E-state index < -0.39 is 0 Å². The molecule has 3 fully saturated rings. The molecular weight excluding hydrogens is 318 g/mol. The number of fused-ring (bicyclic) bond motifs is 1. The summed E-state index contributed by atoms with van der Waals surface area (Å²) in [5.74, 6) is 1.23. The van der Waals surface area contributed by atoms with Gasteiger partial charge in [0.1, 0.15) is 5.60 Å². The van der Waals surface area contributed by atoms with Gasteiger partial charge in [0, 0.05) is 24.8 Å². The van der Waals surface area contributed by atoms with Crippen LogP contribution in [0.5, 0.6) is 0 Å². The van der Waals surface area contributed by atoms with Crippen molar-refractivity contribution >= 4 is 34.2 Å². The lowest BCUT2D eigenvalue weighted by molar-refractivity contribution is -0.148. The van der Waals surface area contributed by atoms with Crippen LogP contribution in [0.15, 0.2) is 4.34 Å². The Bertz CT molecular complexity index is 559. The number of hydrogen-bond acceptors (Lipinski definition) is 7. The number of thioether (sulfide) groups is 1. The fourth-order valence-corrected chi connectivity index (χ4v) is 6.05. The summed E-state index contributed by atoms with van der Waals surface area (Å²) >= 11 is 3.39. The first kappa shape index (κ1) is 14.8. The van der Waals surface area contributed by atoms with Crippen LogP contribution in [0.2, 0.25) is 0 Å². The van der Waals surface area contributed by atoms with Gasteiger partial charge in [0.25, 0.3) is 0 Å². The van der Waals surface area contributed by atoms with Crippen molar-refractivity contribution in [3.63, 3.8) is 0 Å². The Morgan fingerprint density at radius 2 is 2.14 bits per heavy atom. The van der Waals surface area contributed by atoms with E-state index in [-0.39, 0.29) is 11.6 Å². The van der Waals surface area contributed by atoms with Crippen molar-refractivity contribution in [3.05, 3.63) is 0 Å². The number of rotatable bonds is 4. The molecule has 0 spiro atoms. The SMILES string of the molecule is O=C1C[C@@H]2CCCC[C@]2(CSc2nnc(N3CCCC3)s2)O1. The Morgan fingerprint density at radius 3 is 3.00 bits per heavy atom. The molecule has 2 atom stereocenters. The molecule has 0 radical (unpaired) electrons. The second-order valence-corrected chi connectivity index (χ2v) is 8.70. The molecule has 2 saturated heterocycles. The number of carbonyl (C=O) groups excluding carboxylic acids is 1. The van der Waals surface area contributed by atoms with E-state index in [4.69, 9.17) is 4.74 Å². The van der Waals surface area contributed by atoms with E-state index in [0.717, 1.165) is 41.2 Å². The van der Waals surface area contributed by atoms with Crippen molar-refractivity contribution in [3.8, 4) is 0 Å². The number of esters is 1. The lowest BCUT2D eigenvalue weighted by Crippen LogP contribution is -2.40. The molecule has 120 valence electrons. The molecule has 1 saturated carbocycles. The molecule has 5 nitrogen and oxygen atoms in total. The molecule has 22 heavy (non-hydrogen) atoms. The van der Waals surface area contributed by atoms with Gasteiger partial charge in [-0.05, 0) is 32.1 Å². The molecule has 2 aliphatic heterocycles. The van der Waals surface area contributed by atoms with Gasteiger partial charge in [-0.3, -0.25) is 4.79 Å². The summed E-state index contributed by atoms with van der Waals surface area (Å²) in [7, 11) is 0. The number of aromatic nitrogens is 2. The maximum absolute atomic E-state index is 11.7. The molecule has 4 rings (SSSR count). The van der Waals surface area contributed by atoms with Crippen molar-refractivity contribution in [2.75, 3.05) is 23.7 Å². The Balaban J connectivity index is 1.42. The van der Waals surface area contributed by atoms with E-state index in [1.54, 1.807) is 23.1 Å². The van der Waals surface area contributed by atoms with Crippen LogP contribution in [0.3, 0.4) is 0 Å². The topological polar surface area (TPSA) is 55.3 Å². The predicted molar refractivity (Wildman–Crippen MR) is 87.5 cm³/mol. The van der Waals surface area contributed by atoms with Crippen molar-refractivity contribution in [2.24, 2.45) is 5.92 Å². The molecule has 0 N–H and O–H groups in total. The lowest BCUT2D eigenvalue weighted by atomic mass is 9.76. The first-order valence-corrected chi connectivity index (χ1v) is 9.98. The van der Waals surface area contributed by atoms with Crippen LogP contribution < -0.4 is 4.90 Å². The van der Waals surface area contributed by atoms with Crippen LogP contribution >= 0.6 is 23.1 Å². The fraction of sp³-hybridized carbons (Fsp3) is 0.800. The van der Waals surface area contributed by atoms with Gasteiger partial charge >= 0.3 is 5.97 Å². The van der Waals surface area contributed by atoms with Crippen LogP contribution in [0.1, 0.15) is 44.9 Å². The summed E-state index contributed by atoms with van der Waals surface area (Å²) < 4.78 is 6.77. The minimum Gasteiger partial charge on any atom is -0.458 e. The Morgan fingerprint density at radius 1 is 1.27 bits per heavy atom. The molecule has 1 aromatic rings. The van der Waals surface area contributed by atoms with Crippen molar-refractivity contribution in [1.82, 2.24) is 10.2 Å². The minimum absolute atomic E-state index is 0.0116. The highest BCUT2D eigenvalue weighted by Crippen LogP contribution is 2.47. The predicted octanol–water partition coefficient (Wildman–Crippen LogP) is 3.11. The van der Waals surface area contributed by atoms with E-state index >= 15 is 0 Å². The summed E-state index contributed by atoms with van der Waals surface area (Å²) in [5.41, 5.74) is -0.237. The summed E-state index contributed by atoms with van der Waals surface area (Å²) in [5, 5.41) is 9.69. The molecule has 1 aromatic heterocycles. The summed E-state index contributed by atoms with van der Waals surface area (Å²) in [6.45, 7) is 2.20. The van der Waals surface area contributed by atoms with Gasteiger partial charge in [0.15, 0.2) is 4.34 Å². The Kier molecular flexibility index (Phi) is 4.02. The highest BCUT2D eigenvalue weighted by Gasteiger charge is 2.50. The highest BCUT2D eigenvalue weighted by molar-refractivity contribution is 8.01. The molecule has 3 heterocycles. The molecule has 0 amide bonds. The number of ether oxygens (including phenoxy) is 1. The van der Waals surface area contributed by atoms with Gasteiger partial charge in [0.2, 0.25) is 5.13 Å². The maximum atomic E-state index is 11.7. The molecular formula is C15H21N3O2S2. The van der Waals surface area contributed by atoms with Crippen LogP contribution in [-0.4, -0.2) is 40.6 Å². The smallest absolute Gasteiger partial charge is 0.306 e. The second kappa shape index (κ2) is 6.00. The van der Waals surface area contributed by atoms with Crippen LogP contribution in [0.25, 0.3) is 0 Å². The summed E-state index contributed by atoms with van der Waals surface area (Å²) in [6.07, 6.45) is 7.64. The largest absolute Gasteiger partial charge is 0.458 e. The van der Waals surface area contributed by atoms with Gasteiger partial charge in [0.05, 0.1) is 6.42 Å². The standard InChI is InChI=1S/C15H21N3O2S2/c19-12-9-11-5-1-2-6-15(11,20-12)10-21-14-17-16-13(22-14)18-7-3-4-8-18/h11H,1-10H2/t11-,15+/m0/s1. The van der Waals surface area contributed by atoms with Gasteiger partial charge in [-0.15, -0.1) is 10.2 Å². The van der Waals surface area contributed by atoms with E-state index in [1.807, 2.05) is 0 Å². The third kappa shape index (κ3) is 2.73. The minimum atomic E-state index is -0.237. The second-order valence-electron chi connectivity index (χ2n) is 6.52. The zero-order valence-corrected chi connectivity index (χ0v) is 14.3. The fourth-order valence-electron chi connectivity index (χ4n) is 3.87. The first-order valence-electron chi connectivity index (χ1n) is 8.18. The Hall–Kier alpha value is -0.820. The van der Waals surface area contributed by atoms with Gasteiger partial charge in [-0.2, -0.15) is 0 Å². The van der Waals surface area contributed by atoms with E-state index in [9.17, 15) is 4.79 Å². The average Bonchev–Trinajstić information content (AvgIpc) is 3.23. The number of carbonyl (C=O) groups is 1. The molecule has 3 aliphatic rings. The maximum Gasteiger partial charge on any atom is 0.306 e. The van der Waals surface area contributed by atoms with E-state index in [1.165, 1.54) is 25.7 Å². The van der Waals surface area contributed by atoms with Crippen molar-refractivity contribution in [2.45, 2.75) is 54.9 Å². The lowest BCUT2D eigenvalue weighted by Gasteiger charge is -2.36. The number of nitrogens with zero attached hydrogens (tertiary/aromatic N) is 3. The monoisotopic (exact) mass is 339 g/mol. The zero-order valence-electron chi connectivity index (χ0n) is 12.6. The average molecular weight is 339 g/mol. The quantitative estimate of drug-likeness (QED) is 0.620.